The molecule has 0 aromatic heterocycles. The number of carbonyl (C=O) groups is 1. The largest absolute Gasteiger partial charge is 0.393 e. The minimum absolute atomic E-state index is 0.0194. The Morgan fingerprint density at radius 3 is 2.55 bits per heavy atom. The first-order chi connectivity index (χ1) is 9.58. The number of aliphatic hydroxyl groups excluding tert-OH is 1. The molecule has 2 rings (SSSR count). The maximum absolute atomic E-state index is 12.0. The number of benzene rings is 1. The van der Waals surface area contributed by atoms with Crippen molar-refractivity contribution >= 4 is 12.0 Å². The molecule has 1 saturated carbocycles. The van der Waals surface area contributed by atoms with Gasteiger partial charge >= 0.3 is 0 Å². The molecule has 1 N–H and O–H groups in total. The quantitative estimate of drug-likeness (QED) is 0.837. The van der Waals surface area contributed by atoms with Gasteiger partial charge in [-0.25, -0.2) is 0 Å². The molecule has 0 spiro atoms. The predicted molar refractivity (Wildman–Crippen MR) is 81.2 cm³/mol. The van der Waals surface area contributed by atoms with Crippen LogP contribution < -0.4 is 0 Å². The van der Waals surface area contributed by atoms with Crippen molar-refractivity contribution in [3.63, 3.8) is 0 Å². The molecule has 1 aromatic carbocycles. The van der Waals surface area contributed by atoms with Crippen LogP contribution in [0.1, 0.15) is 30.9 Å². The zero-order valence-corrected chi connectivity index (χ0v) is 12.2. The molecule has 3 nitrogen and oxygen atoms in total. The standard InChI is InChI=1S/C17H23NO2/c1-3-13-4-6-14(7-5-13)8-9-17(20)18(2)12-15-10-16(19)11-15/h4-9,15-16,19H,3,10-12H2,1-2H3. The van der Waals surface area contributed by atoms with Gasteiger partial charge in [-0.05, 0) is 42.4 Å². The summed E-state index contributed by atoms with van der Waals surface area (Å²) in [7, 11) is 1.82. The molecular weight excluding hydrogens is 250 g/mol. The highest BCUT2D eigenvalue weighted by molar-refractivity contribution is 5.91. The second kappa shape index (κ2) is 6.71. The summed E-state index contributed by atoms with van der Waals surface area (Å²) in [5.74, 6) is 0.474. The molecule has 3 heteroatoms. The minimum Gasteiger partial charge on any atom is -0.393 e. The van der Waals surface area contributed by atoms with Gasteiger partial charge in [-0.15, -0.1) is 0 Å². The predicted octanol–water partition coefficient (Wildman–Crippen LogP) is 2.49. The van der Waals surface area contributed by atoms with Crippen LogP contribution in [0, 0.1) is 5.92 Å². The summed E-state index contributed by atoms with van der Waals surface area (Å²) in [5.41, 5.74) is 2.34. The SMILES string of the molecule is CCc1ccc(C=CC(=O)N(C)CC2CC(O)C2)cc1. The molecule has 1 fully saturated rings. The lowest BCUT2D eigenvalue weighted by atomic mass is 9.82. The fourth-order valence-corrected chi connectivity index (χ4v) is 2.49. The number of aliphatic hydroxyl groups is 1. The summed E-state index contributed by atoms with van der Waals surface area (Å²) in [5, 5.41) is 9.25. The summed E-state index contributed by atoms with van der Waals surface area (Å²) in [6.07, 6.45) is 5.98. The molecule has 0 bridgehead atoms. The number of hydrogen-bond donors (Lipinski definition) is 1. The Kier molecular flexibility index (Phi) is 4.96. The molecular formula is C17H23NO2. The zero-order chi connectivity index (χ0) is 14.5. The van der Waals surface area contributed by atoms with Gasteiger partial charge in [-0.2, -0.15) is 0 Å². The Labute approximate surface area is 120 Å². The lowest BCUT2D eigenvalue weighted by Gasteiger charge is -2.34. The van der Waals surface area contributed by atoms with E-state index in [2.05, 4.69) is 19.1 Å². The number of amides is 1. The fourth-order valence-electron chi connectivity index (χ4n) is 2.49. The van der Waals surface area contributed by atoms with Crippen molar-refractivity contribution in [2.45, 2.75) is 32.3 Å². The Hall–Kier alpha value is -1.61. The summed E-state index contributed by atoms with van der Waals surface area (Å²) in [6, 6.07) is 8.24. The maximum Gasteiger partial charge on any atom is 0.246 e. The van der Waals surface area contributed by atoms with Crippen LogP contribution in [0.15, 0.2) is 30.3 Å². The summed E-state index contributed by atoms with van der Waals surface area (Å²) < 4.78 is 0. The van der Waals surface area contributed by atoms with Gasteiger partial charge in [0.1, 0.15) is 0 Å². The first kappa shape index (κ1) is 14.8. The molecule has 1 aliphatic rings. The van der Waals surface area contributed by atoms with Crippen LogP contribution in [0.5, 0.6) is 0 Å². The third-order valence-electron chi connectivity index (χ3n) is 3.93. The zero-order valence-electron chi connectivity index (χ0n) is 12.2. The van der Waals surface area contributed by atoms with Crippen molar-refractivity contribution in [3.8, 4) is 0 Å². The van der Waals surface area contributed by atoms with Crippen molar-refractivity contribution < 1.29 is 9.90 Å². The van der Waals surface area contributed by atoms with Crippen LogP contribution in [0.25, 0.3) is 6.08 Å². The average molecular weight is 273 g/mol. The van der Waals surface area contributed by atoms with E-state index in [-0.39, 0.29) is 12.0 Å². The summed E-state index contributed by atoms with van der Waals surface area (Å²) in [4.78, 5) is 13.7. The van der Waals surface area contributed by atoms with E-state index in [0.29, 0.717) is 5.92 Å². The molecule has 0 atom stereocenters. The van der Waals surface area contributed by atoms with Crippen LogP contribution in [0.2, 0.25) is 0 Å². The second-order valence-electron chi connectivity index (χ2n) is 5.64. The highest BCUT2D eigenvalue weighted by Gasteiger charge is 2.28. The maximum atomic E-state index is 12.0. The molecule has 0 heterocycles. The van der Waals surface area contributed by atoms with Crippen LogP contribution in [0.3, 0.4) is 0 Å². The van der Waals surface area contributed by atoms with Gasteiger partial charge in [0.25, 0.3) is 0 Å². The molecule has 0 saturated heterocycles. The summed E-state index contributed by atoms with van der Waals surface area (Å²) in [6.45, 7) is 2.86. The van der Waals surface area contributed by atoms with Gasteiger partial charge in [-0.1, -0.05) is 31.2 Å². The van der Waals surface area contributed by atoms with Crippen molar-refractivity contribution in [1.82, 2.24) is 4.90 Å². The van der Waals surface area contributed by atoms with Crippen molar-refractivity contribution in [3.05, 3.63) is 41.5 Å². The monoisotopic (exact) mass is 273 g/mol. The topological polar surface area (TPSA) is 40.5 Å². The van der Waals surface area contributed by atoms with Gasteiger partial charge in [-0.3, -0.25) is 4.79 Å². The van der Waals surface area contributed by atoms with Crippen LogP contribution in [-0.2, 0) is 11.2 Å². The lowest BCUT2D eigenvalue weighted by molar-refractivity contribution is -0.126. The van der Waals surface area contributed by atoms with Gasteiger partial charge in [0.15, 0.2) is 0 Å². The van der Waals surface area contributed by atoms with Gasteiger partial charge < -0.3 is 10.0 Å². The molecule has 0 aliphatic heterocycles. The van der Waals surface area contributed by atoms with Gasteiger partial charge in [0, 0.05) is 19.7 Å². The molecule has 20 heavy (non-hydrogen) atoms. The fraction of sp³-hybridized carbons (Fsp3) is 0.471. The number of rotatable bonds is 5. The highest BCUT2D eigenvalue weighted by atomic mass is 16.3. The average Bonchev–Trinajstić information content (AvgIpc) is 2.43. The Morgan fingerprint density at radius 1 is 1.35 bits per heavy atom. The number of carbonyl (C=O) groups excluding carboxylic acids is 1. The van der Waals surface area contributed by atoms with E-state index in [1.165, 1.54) is 5.56 Å². The van der Waals surface area contributed by atoms with Gasteiger partial charge in [0.2, 0.25) is 5.91 Å². The van der Waals surface area contributed by atoms with E-state index >= 15 is 0 Å². The lowest BCUT2D eigenvalue weighted by Crippen LogP contribution is -2.38. The molecule has 108 valence electrons. The van der Waals surface area contributed by atoms with E-state index in [1.807, 2.05) is 25.3 Å². The second-order valence-corrected chi connectivity index (χ2v) is 5.64. The van der Waals surface area contributed by atoms with Crippen molar-refractivity contribution in [2.75, 3.05) is 13.6 Å². The molecule has 0 unspecified atom stereocenters. The third-order valence-corrected chi connectivity index (χ3v) is 3.93. The molecule has 1 amide bonds. The number of nitrogens with zero attached hydrogens (tertiary/aromatic N) is 1. The van der Waals surface area contributed by atoms with Crippen LogP contribution in [0.4, 0.5) is 0 Å². The Balaban J connectivity index is 1.84. The van der Waals surface area contributed by atoms with E-state index in [4.69, 9.17) is 0 Å². The van der Waals surface area contributed by atoms with E-state index in [9.17, 15) is 9.90 Å². The molecule has 0 radical (unpaired) electrons. The number of likely N-dealkylation sites (N-methyl/N-ethyl adjacent to an activating group) is 1. The number of hydrogen-bond acceptors (Lipinski definition) is 2. The van der Waals surface area contributed by atoms with Crippen LogP contribution >= 0.6 is 0 Å². The van der Waals surface area contributed by atoms with E-state index in [1.54, 1.807) is 11.0 Å². The van der Waals surface area contributed by atoms with Crippen molar-refractivity contribution in [2.24, 2.45) is 5.92 Å². The summed E-state index contributed by atoms with van der Waals surface area (Å²) >= 11 is 0. The van der Waals surface area contributed by atoms with E-state index < -0.39 is 0 Å². The first-order valence-electron chi connectivity index (χ1n) is 7.28. The minimum atomic E-state index is -0.156. The van der Waals surface area contributed by atoms with E-state index in [0.717, 1.165) is 31.4 Å². The number of aryl methyl sites for hydroxylation is 1. The third kappa shape index (κ3) is 3.94. The van der Waals surface area contributed by atoms with Gasteiger partial charge in [0.05, 0.1) is 6.10 Å². The molecule has 1 aromatic rings. The van der Waals surface area contributed by atoms with Crippen LogP contribution in [-0.4, -0.2) is 35.6 Å². The smallest absolute Gasteiger partial charge is 0.246 e. The Bertz CT molecular complexity index is 472. The molecule has 1 aliphatic carbocycles. The normalized spacial score (nSPS) is 21.8. The first-order valence-corrected chi connectivity index (χ1v) is 7.28. The Morgan fingerprint density at radius 2 is 2.00 bits per heavy atom. The highest BCUT2D eigenvalue weighted by Crippen LogP contribution is 2.27. The van der Waals surface area contributed by atoms with Crippen molar-refractivity contribution in [1.29, 1.82) is 0 Å².